The Labute approximate surface area is 164 Å². The van der Waals surface area contributed by atoms with Crippen LogP contribution in [-0.4, -0.2) is 39.9 Å². The topological polar surface area (TPSA) is 55.8 Å². The zero-order chi connectivity index (χ0) is 21.0. The molecule has 0 atom stereocenters. The molecule has 27 heavy (non-hydrogen) atoms. The number of methoxy groups -OCH3 is 1. The highest BCUT2D eigenvalue weighted by Gasteiger charge is 2.23. The number of anilines is 1. The molecule has 6 heteroatoms. The normalized spacial score (nSPS) is 11.3. The van der Waals surface area contributed by atoms with E-state index in [2.05, 4.69) is 31.1 Å². The maximum atomic E-state index is 12.5. The first-order chi connectivity index (χ1) is 12.2. The van der Waals surface area contributed by atoms with Gasteiger partial charge in [-0.3, -0.25) is 9.69 Å². The molecule has 1 rings (SSSR count). The molecular formula is C21H31NO4Si. The van der Waals surface area contributed by atoms with Crippen LogP contribution in [0.1, 0.15) is 37.5 Å². The number of carbonyl (C=O) groups is 2. The summed E-state index contributed by atoms with van der Waals surface area (Å²) in [5, 5.41) is 0. The Balaban J connectivity index is 3.43. The zero-order valence-electron chi connectivity index (χ0n) is 17.9. The highest BCUT2D eigenvalue weighted by Crippen LogP contribution is 2.27. The number of rotatable bonds is 3. The van der Waals surface area contributed by atoms with Crippen molar-refractivity contribution in [1.82, 2.24) is 0 Å². The summed E-state index contributed by atoms with van der Waals surface area (Å²) in [4.78, 5) is 25.8. The maximum Gasteiger partial charge on any atom is 0.414 e. The first kappa shape index (κ1) is 22.8. The molecule has 0 saturated carbocycles. The van der Waals surface area contributed by atoms with E-state index in [1.807, 2.05) is 39.8 Å². The molecule has 1 amide bonds. The summed E-state index contributed by atoms with van der Waals surface area (Å²) in [6.07, 6.45) is -0.329. The SMILES string of the molecule is COC(=O)Cc1cc(C#C[Si](C)(C)C)cc(N(C)C(=O)OC(C)(C)C)c1C. The van der Waals surface area contributed by atoms with E-state index in [-0.39, 0.29) is 12.4 Å². The van der Waals surface area contributed by atoms with Crippen molar-refractivity contribution < 1.29 is 19.1 Å². The van der Waals surface area contributed by atoms with E-state index in [1.165, 1.54) is 12.0 Å². The van der Waals surface area contributed by atoms with Crippen LogP contribution in [0, 0.1) is 18.4 Å². The van der Waals surface area contributed by atoms with E-state index in [9.17, 15) is 9.59 Å². The predicted octanol–water partition coefficient (Wildman–Crippen LogP) is 4.31. The van der Waals surface area contributed by atoms with Crippen LogP contribution in [0.4, 0.5) is 10.5 Å². The third kappa shape index (κ3) is 7.47. The molecule has 0 heterocycles. The van der Waals surface area contributed by atoms with Crippen LogP contribution in [0.5, 0.6) is 0 Å². The molecule has 0 N–H and O–H groups in total. The summed E-state index contributed by atoms with van der Waals surface area (Å²) >= 11 is 0. The third-order valence-electron chi connectivity index (χ3n) is 3.66. The van der Waals surface area contributed by atoms with Gasteiger partial charge in [0.05, 0.1) is 19.2 Å². The minimum atomic E-state index is -1.57. The highest BCUT2D eigenvalue weighted by atomic mass is 28.3. The molecule has 0 saturated heterocycles. The molecule has 0 radical (unpaired) electrons. The van der Waals surface area contributed by atoms with Gasteiger partial charge in [-0.15, -0.1) is 5.54 Å². The fourth-order valence-corrected chi connectivity index (χ4v) is 2.80. The van der Waals surface area contributed by atoms with E-state index < -0.39 is 19.8 Å². The van der Waals surface area contributed by atoms with Gasteiger partial charge in [0.2, 0.25) is 0 Å². The Morgan fingerprint density at radius 3 is 2.26 bits per heavy atom. The van der Waals surface area contributed by atoms with Crippen LogP contribution in [0.25, 0.3) is 0 Å². The molecule has 148 valence electrons. The highest BCUT2D eigenvalue weighted by molar-refractivity contribution is 6.83. The molecule has 0 unspecified atom stereocenters. The van der Waals surface area contributed by atoms with E-state index >= 15 is 0 Å². The minimum absolute atomic E-state index is 0.125. The minimum Gasteiger partial charge on any atom is -0.469 e. The van der Waals surface area contributed by atoms with Crippen LogP contribution < -0.4 is 4.90 Å². The molecule has 1 aromatic rings. The van der Waals surface area contributed by atoms with Crippen molar-refractivity contribution in [2.45, 2.75) is 59.4 Å². The average Bonchev–Trinajstić information content (AvgIpc) is 2.52. The summed E-state index contributed by atoms with van der Waals surface area (Å²) in [5.74, 6) is 2.87. The Morgan fingerprint density at radius 1 is 1.19 bits per heavy atom. The monoisotopic (exact) mass is 389 g/mol. The number of esters is 1. The van der Waals surface area contributed by atoms with Gasteiger partial charge in [-0.05, 0) is 51.0 Å². The Morgan fingerprint density at radius 2 is 1.78 bits per heavy atom. The van der Waals surface area contributed by atoms with Gasteiger partial charge in [-0.1, -0.05) is 25.6 Å². The third-order valence-corrected chi connectivity index (χ3v) is 4.54. The molecule has 0 spiro atoms. The summed E-state index contributed by atoms with van der Waals surface area (Å²) in [5.41, 5.74) is 5.79. The number of hydrogen-bond acceptors (Lipinski definition) is 4. The lowest BCUT2D eigenvalue weighted by atomic mass is 10.00. The van der Waals surface area contributed by atoms with Crippen LogP contribution >= 0.6 is 0 Å². The fraction of sp³-hybridized carbons (Fsp3) is 0.524. The van der Waals surface area contributed by atoms with E-state index in [0.29, 0.717) is 5.69 Å². The molecule has 0 aromatic heterocycles. The van der Waals surface area contributed by atoms with E-state index in [1.54, 1.807) is 7.05 Å². The molecule has 5 nitrogen and oxygen atoms in total. The molecule has 0 aliphatic carbocycles. The summed E-state index contributed by atoms with van der Waals surface area (Å²) in [7, 11) is 1.46. The molecular weight excluding hydrogens is 358 g/mol. The second kappa shape index (κ2) is 8.62. The van der Waals surface area contributed by atoms with Crippen LogP contribution in [0.2, 0.25) is 19.6 Å². The van der Waals surface area contributed by atoms with Gasteiger partial charge in [0.15, 0.2) is 0 Å². The van der Waals surface area contributed by atoms with Crippen LogP contribution in [0.3, 0.4) is 0 Å². The second-order valence-corrected chi connectivity index (χ2v) is 13.3. The fourth-order valence-electron chi connectivity index (χ4n) is 2.28. The number of ether oxygens (including phenoxy) is 2. The van der Waals surface area contributed by atoms with Crippen molar-refractivity contribution in [2.75, 3.05) is 19.1 Å². The van der Waals surface area contributed by atoms with Gasteiger partial charge in [0, 0.05) is 12.6 Å². The summed E-state index contributed by atoms with van der Waals surface area (Å²) in [6.45, 7) is 13.8. The number of nitrogens with zero attached hydrogens (tertiary/aromatic N) is 1. The lowest BCUT2D eigenvalue weighted by Gasteiger charge is -2.26. The first-order valence-electron chi connectivity index (χ1n) is 8.94. The summed E-state index contributed by atoms with van der Waals surface area (Å²) in [6, 6.07) is 3.76. The van der Waals surface area contributed by atoms with Gasteiger partial charge < -0.3 is 9.47 Å². The largest absolute Gasteiger partial charge is 0.469 e. The van der Waals surface area contributed by atoms with Crippen molar-refractivity contribution in [3.8, 4) is 11.5 Å². The molecule has 0 aliphatic heterocycles. The standard InChI is InChI=1S/C21H31NO4Si/c1-15-17(14-19(23)25-6)12-16(10-11-27(7,8)9)13-18(15)22(5)20(24)26-21(2,3)4/h12-13H,14H2,1-9H3. The van der Waals surface area contributed by atoms with Gasteiger partial charge in [0.1, 0.15) is 13.7 Å². The van der Waals surface area contributed by atoms with Crippen molar-refractivity contribution in [2.24, 2.45) is 0 Å². The molecule has 0 bridgehead atoms. The van der Waals surface area contributed by atoms with Crippen molar-refractivity contribution in [3.63, 3.8) is 0 Å². The number of benzene rings is 1. The molecule has 0 aliphatic rings. The van der Waals surface area contributed by atoms with Crippen molar-refractivity contribution in [1.29, 1.82) is 0 Å². The van der Waals surface area contributed by atoms with Gasteiger partial charge in [0.25, 0.3) is 0 Å². The predicted molar refractivity (Wildman–Crippen MR) is 112 cm³/mol. The van der Waals surface area contributed by atoms with Gasteiger partial charge in [-0.2, -0.15) is 0 Å². The average molecular weight is 390 g/mol. The van der Waals surface area contributed by atoms with Crippen molar-refractivity contribution >= 4 is 25.8 Å². The Kier molecular flexibility index (Phi) is 7.27. The lowest BCUT2D eigenvalue weighted by Crippen LogP contribution is -2.34. The maximum absolute atomic E-state index is 12.5. The Bertz CT molecular complexity index is 776. The van der Waals surface area contributed by atoms with Crippen LogP contribution in [0.15, 0.2) is 12.1 Å². The van der Waals surface area contributed by atoms with E-state index in [0.717, 1.165) is 16.7 Å². The van der Waals surface area contributed by atoms with Crippen LogP contribution in [-0.2, 0) is 20.7 Å². The van der Waals surface area contributed by atoms with Gasteiger partial charge in [-0.25, -0.2) is 4.79 Å². The first-order valence-corrected chi connectivity index (χ1v) is 12.4. The molecule has 1 aromatic carbocycles. The van der Waals surface area contributed by atoms with Gasteiger partial charge >= 0.3 is 12.1 Å². The number of amides is 1. The zero-order valence-corrected chi connectivity index (χ0v) is 18.9. The van der Waals surface area contributed by atoms with Crippen molar-refractivity contribution in [3.05, 3.63) is 28.8 Å². The van der Waals surface area contributed by atoms with E-state index in [4.69, 9.17) is 9.47 Å². The lowest BCUT2D eigenvalue weighted by molar-refractivity contribution is -0.139. The second-order valence-electron chi connectivity index (χ2n) is 8.57. The number of hydrogen-bond donors (Lipinski definition) is 0. The Hall–Kier alpha value is -2.26. The molecule has 0 fully saturated rings. The summed E-state index contributed by atoms with van der Waals surface area (Å²) < 4.78 is 10.3. The number of carbonyl (C=O) groups excluding carboxylic acids is 2. The smallest absolute Gasteiger partial charge is 0.414 e. The quantitative estimate of drug-likeness (QED) is 0.439.